The van der Waals surface area contributed by atoms with Crippen molar-refractivity contribution in [2.45, 2.75) is 38.6 Å². The molecule has 1 heteroatoms. The van der Waals surface area contributed by atoms with E-state index in [9.17, 15) is 0 Å². The fraction of sp³-hybridized carbons (Fsp3) is 0.875. The van der Waals surface area contributed by atoms with Crippen LogP contribution in [-0.2, 0) is 0 Å². The minimum Gasteiger partial charge on any atom is -0.299 e. The molecular formula is C8H16N. The predicted octanol–water partition coefficient (Wildman–Crippen LogP) is 2.04. The van der Waals surface area contributed by atoms with Crippen LogP contribution in [0.15, 0.2) is 0 Å². The lowest BCUT2D eigenvalue weighted by atomic mass is 10.2. The summed E-state index contributed by atoms with van der Waals surface area (Å²) in [5.41, 5.74) is 0. The molecule has 0 spiro atoms. The molecule has 0 N–H and O–H groups in total. The van der Waals surface area contributed by atoms with Gasteiger partial charge in [0.1, 0.15) is 0 Å². The average Bonchev–Trinajstić information content (AvgIpc) is 2.37. The van der Waals surface area contributed by atoms with Crippen LogP contribution in [0.1, 0.15) is 32.6 Å². The average molecular weight is 126 g/mol. The highest BCUT2D eigenvalue weighted by molar-refractivity contribution is 4.75. The summed E-state index contributed by atoms with van der Waals surface area (Å²) < 4.78 is 0. The zero-order valence-electron chi connectivity index (χ0n) is 6.27. The van der Waals surface area contributed by atoms with E-state index in [4.69, 9.17) is 0 Å². The smallest absolute Gasteiger partial charge is 0.0112 e. The van der Waals surface area contributed by atoms with Crippen molar-refractivity contribution in [3.8, 4) is 0 Å². The van der Waals surface area contributed by atoms with Crippen LogP contribution in [0, 0.1) is 7.05 Å². The normalized spacial score (nSPS) is 21.7. The Morgan fingerprint density at radius 3 is 2.44 bits per heavy atom. The minimum absolute atomic E-state index is 0.801. The third-order valence-electron chi connectivity index (χ3n) is 2.25. The summed E-state index contributed by atoms with van der Waals surface area (Å²) in [6.07, 6.45) is 5.57. The Hall–Kier alpha value is -0.0400. The number of hydrogen-bond donors (Lipinski definition) is 0. The second-order valence-corrected chi connectivity index (χ2v) is 2.84. The summed E-state index contributed by atoms with van der Waals surface area (Å²) >= 11 is 0. The number of nitrogens with zero attached hydrogens (tertiary/aromatic N) is 1. The minimum atomic E-state index is 0.801. The Morgan fingerprint density at radius 1 is 1.44 bits per heavy atom. The van der Waals surface area contributed by atoms with Gasteiger partial charge in [-0.3, -0.25) is 4.90 Å². The van der Waals surface area contributed by atoms with Crippen LogP contribution < -0.4 is 0 Å². The van der Waals surface area contributed by atoms with Crippen LogP contribution in [0.3, 0.4) is 0 Å². The topological polar surface area (TPSA) is 3.24 Å². The zero-order valence-corrected chi connectivity index (χ0v) is 6.27. The molecule has 1 nitrogen and oxygen atoms in total. The molecule has 0 unspecified atom stereocenters. The molecule has 1 fully saturated rings. The van der Waals surface area contributed by atoms with Gasteiger partial charge in [-0.25, -0.2) is 0 Å². The molecular weight excluding hydrogens is 110 g/mol. The summed E-state index contributed by atoms with van der Waals surface area (Å²) in [6, 6.07) is 0.801. The van der Waals surface area contributed by atoms with E-state index in [0.717, 1.165) is 12.6 Å². The maximum atomic E-state index is 3.97. The second kappa shape index (κ2) is 3.21. The first-order valence-electron chi connectivity index (χ1n) is 3.91. The molecule has 0 atom stereocenters. The van der Waals surface area contributed by atoms with E-state index in [1.54, 1.807) is 0 Å². The van der Waals surface area contributed by atoms with Gasteiger partial charge in [0, 0.05) is 13.1 Å². The Labute approximate surface area is 58.0 Å². The van der Waals surface area contributed by atoms with Gasteiger partial charge in [0.05, 0.1) is 0 Å². The summed E-state index contributed by atoms with van der Waals surface area (Å²) in [7, 11) is 3.97. The lowest BCUT2D eigenvalue weighted by molar-refractivity contribution is 0.288. The Kier molecular flexibility index (Phi) is 2.52. The standard InChI is InChI=1S/C8H16N/c1-3-9(2)8-6-4-5-7-8/h8H,2-7H2,1H3. The second-order valence-electron chi connectivity index (χ2n) is 2.84. The van der Waals surface area contributed by atoms with Crippen molar-refractivity contribution >= 4 is 0 Å². The molecule has 0 bridgehead atoms. The SMILES string of the molecule is [CH2]N(CC)C1CCCC1. The lowest BCUT2D eigenvalue weighted by Gasteiger charge is -2.21. The van der Waals surface area contributed by atoms with Gasteiger partial charge in [-0.2, -0.15) is 0 Å². The van der Waals surface area contributed by atoms with Gasteiger partial charge >= 0.3 is 0 Å². The van der Waals surface area contributed by atoms with E-state index in [1.165, 1.54) is 25.7 Å². The van der Waals surface area contributed by atoms with Gasteiger partial charge in [-0.05, 0) is 19.4 Å². The van der Waals surface area contributed by atoms with Crippen LogP contribution in [0.4, 0.5) is 0 Å². The summed E-state index contributed by atoms with van der Waals surface area (Å²) in [5, 5.41) is 0. The number of hydrogen-bond acceptors (Lipinski definition) is 1. The van der Waals surface area contributed by atoms with Gasteiger partial charge in [-0.15, -0.1) is 0 Å². The summed E-state index contributed by atoms with van der Waals surface area (Å²) in [6.45, 7) is 3.27. The fourth-order valence-corrected chi connectivity index (χ4v) is 1.53. The number of rotatable bonds is 2. The highest BCUT2D eigenvalue weighted by Crippen LogP contribution is 2.22. The molecule has 0 heterocycles. The molecule has 0 aliphatic heterocycles. The van der Waals surface area contributed by atoms with Crippen LogP contribution >= 0.6 is 0 Å². The third-order valence-corrected chi connectivity index (χ3v) is 2.25. The van der Waals surface area contributed by atoms with E-state index < -0.39 is 0 Å². The Bertz CT molecular complexity index is 74.6. The van der Waals surface area contributed by atoms with Crippen LogP contribution in [0.2, 0.25) is 0 Å². The van der Waals surface area contributed by atoms with Crippen molar-refractivity contribution in [3.05, 3.63) is 7.05 Å². The molecule has 0 amide bonds. The van der Waals surface area contributed by atoms with Gasteiger partial charge in [0.15, 0.2) is 0 Å². The van der Waals surface area contributed by atoms with Gasteiger partial charge in [-0.1, -0.05) is 19.8 Å². The van der Waals surface area contributed by atoms with Crippen LogP contribution in [-0.4, -0.2) is 17.5 Å². The van der Waals surface area contributed by atoms with E-state index in [1.807, 2.05) is 0 Å². The zero-order chi connectivity index (χ0) is 6.69. The monoisotopic (exact) mass is 126 g/mol. The molecule has 1 rings (SSSR count). The molecule has 0 saturated heterocycles. The Balaban J connectivity index is 2.24. The maximum absolute atomic E-state index is 3.97. The Morgan fingerprint density at radius 2 is 2.00 bits per heavy atom. The van der Waals surface area contributed by atoms with Crippen LogP contribution in [0.25, 0.3) is 0 Å². The van der Waals surface area contributed by atoms with Gasteiger partial charge in [0.2, 0.25) is 0 Å². The first-order chi connectivity index (χ1) is 4.34. The van der Waals surface area contributed by atoms with E-state index >= 15 is 0 Å². The van der Waals surface area contributed by atoms with Crippen molar-refractivity contribution in [3.63, 3.8) is 0 Å². The fourth-order valence-electron chi connectivity index (χ4n) is 1.53. The molecule has 1 aliphatic carbocycles. The van der Waals surface area contributed by atoms with Crippen molar-refractivity contribution < 1.29 is 0 Å². The van der Waals surface area contributed by atoms with Crippen LogP contribution in [0.5, 0.6) is 0 Å². The predicted molar refractivity (Wildman–Crippen MR) is 40.0 cm³/mol. The van der Waals surface area contributed by atoms with E-state index in [0.29, 0.717) is 0 Å². The largest absolute Gasteiger partial charge is 0.299 e. The molecule has 9 heavy (non-hydrogen) atoms. The highest BCUT2D eigenvalue weighted by atomic mass is 15.1. The molecule has 1 radical (unpaired) electrons. The molecule has 1 saturated carbocycles. The van der Waals surface area contributed by atoms with Crippen molar-refractivity contribution in [2.24, 2.45) is 0 Å². The molecule has 1 aliphatic rings. The summed E-state index contributed by atoms with van der Waals surface area (Å²) in [5.74, 6) is 0. The maximum Gasteiger partial charge on any atom is 0.0112 e. The summed E-state index contributed by atoms with van der Waals surface area (Å²) in [4.78, 5) is 2.22. The third kappa shape index (κ3) is 1.68. The lowest BCUT2D eigenvalue weighted by Crippen LogP contribution is -2.26. The molecule has 0 aromatic rings. The first-order valence-corrected chi connectivity index (χ1v) is 3.91. The van der Waals surface area contributed by atoms with E-state index in [2.05, 4.69) is 18.9 Å². The molecule has 0 aromatic carbocycles. The van der Waals surface area contributed by atoms with Crippen molar-refractivity contribution in [2.75, 3.05) is 6.54 Å². The van der Waals surface area contributed by atoms with Crippen molar-refractivity contribution in [1.82, 2.24) is 4.90 Å². The van der Waals surface area contributed by atoms with Crippen molar-refractivity contribution in [1.29, 1.82) is 0 Å². The molecule has 53 valence electrons. The van der Waals surface area contributed by atoms with Gasteiger partial charge < -0.3 is 0 Å². The quantitative estimate of drug-likeness (QED) is 0.547. The highest BCUT2D eigenvalue weighted by Gasteiger charge is 2.17. The first kappa shape index (κ1) is 7.07. The molecule has 0 aromatic heterocycles. The van der Waals surface area contributed by atoms with E-state index in [-0.39, 0.29) is 0 Å². The van der Waals surface area contributed by atoms with Gasteiger partial charge in [0.25, 0.3) is 0 Å².